The van der Waals surface area contributed by atoms with E-state index in [0.717, 1.165) is 27.8 Å². The second-order valence-electron chi connectivity index (χ2n) is 15.6. The molecule has 0 amide bonds. The summed E-state index contributed by atoms with van der Waals surface area (Å²) in [4.78, 5) is 15.9. The van der Waals surface area contributed by atoms with Crippen molar-refractivity contribution in [1.29, 1.82) is 0 Å². The van der Waals surface area contributed by atoms with Crippen molar-refractivity contribution in [3.05, 3.63) is 187 Å². The molecule has 0 bridgehead atoms. The van der Waals surface area contributed by atoms with Crippen LogP contribution < -0.4 is 0 Å². The molecule has 0 atom stereocenters. The topological polar surface area (TPSA) is 48.5 Å². The molecule has 1 aliphatic carbocycles. The number of rotatable bonds is 4. The third-order valence-electron chi connectivity index (χ3n) is 12.2. The average Bonchev–Trinajstić information content (AvgIpc) is 3.87. The number of nitrogens with zero attached hydrogens (tertiary/aromatic N) is 5. The average molecular weight is 730 g/mol. The Bertz CT molecular complexity index is 3320. The van der Waals surface area contributed by atoms with Crippen LogP contribution in [0.3, 0.4) is 0 Å². The number of benzene rings is 8. The zero-order chi connectivity index (χ0) is 37.8. The summed E-state index contributed by atoms with van der Waals surface area (Å²) in [6.45, 7) is 4.69. The minimum atomic E-state index is -0.193. The lowest BCUT2D eigenvalue weighted by molar-refractivity contribution is 0.660. The lowest BCUT2D eigenvalue weighted by Crippen LogP contribution is -2.14. The summed E-state index contributed by atoms with van der Waals surface area (Å²) < 4.78 is 4.78. The highest BCUT2D eigenvalue weighted by Gasteiger charge is 2.38. The Morgan fingerprint density at radius 1 is 0.421 bits per heavy atom. The van der Waals surface area contributed by atoms with Crippen LogP contribution in [0.1, 0.15) is 25.0 Å². The Morgan fingerprint density at radius 2 is 0.965 bits per heavy atom. The van der Waals surface area contributed by atoms with Gasteiger partial charge in [-0.2, -0.15) is 9.97 Å². The van der Waals surface area contributed by atoms with Crippen molar-refractivity contribution in [2.24, 2.45) is 0 Å². The molecule has 0 N–H and O–H groups in total. The van der Waals surface area contributed by atoms with E-state index in [1.807, 2.05) is 36.4 Å². The van der Waals surface area contributed by atoms with Gasteiger partial charge in [0.05, 0.1) is 27.8 Å². The largest absolute Gasteiger partial charge is 0.309 e. The van der Waals surface area contributed by atoms with Gasteiger partial charge in [0.2, 0.25) is 5.95 Å². The second-order valence-corrected chi connectivity index (χ2v) is 15.6. The van der Waals surface area contributed by atoms with E-state index in [2.05, 4.69) is 163 Å². The van der Waals surface area contributed by atoms with Crippen molar-refractivity contribution in [3.63, 3.8) is 0 Å². The highest BCUT2D eigenvalue weighted by molar-refractivity contribution is 6.26. The third-order valence-corrected chi connectivity index (χ3v) is 12.2. The van der Waals surface area contributed by atoms with E-state index in [9.17, 15) is 0 Å². The molecule has 0 spiro atoms. The number of aromatic nitrogens is 5. The molecule has 0 fully saturated rings. The van der Waals surface area contributed by atoms with Crippen LogP contribution in [0.25, 0.3) is 99.9 Å². The van der Waals surface area contributed by atoms with Gasteiger partial charge in [-0.05, 0) is 40.3 Å². The molecule has 0 aliphatic heterocycles. The number of hydrogen-bond donors (Lipinski definition) is 0. The fourth-order valence-corrected chi connectivity index (χ4v) is 9.60. The van der Waals surface area contributed by atoms with Gasteiger partial charge in [-0.3, -0.25) is 4.57 Å². The van der Waals surface area contributed by atoms with Crippen molar-refractivity contribution in [3.8, 4) is 45.5 Å². The number of fused-ring (bicyclic) bond motifs is 12. The fraction of sp³-hybridized carbons (Fsp3) is 0.0577. The van der Waals surface area contributed by atoms with E-state index < -0.39 is 0 Å². The molecule has 3 heterocycles. The summed E-state index contributed by atoms with van der Waals surface area (Å²) >= 11 is 0. The van der Waals surface area contributed by atoms with E-state index in [-0.39, 0.29) is 5.41 Å². The summed E-state index contributed by atoms with van der Waals surface area (Å²) in [5.41, 5.74) is 12.4. The van der Waals surface area contributed by atoms with Crippen LogP contribution in [-0.4, -0.2) is 24.1 Å². The highest BCUT2D eigenvalue weighted by atomic mass is 15.2. The van der Waals surface area contributed by atoms with E-state index in [1.165, 1.54) is 65.6 Å². The van der Waals surface area contributed by atoms with Gasteiger partial charge in [-0.1, -0.05) is 172 Å². The van der Waals surface area contributed by atoms with E-state index in [4.69, 9.17) is 15.0 Å². The summed E-state index contributed by atoms with van der Waals surface area (Å²) in [5, 5.41) is 7.17. The Morgan fingerprint density at radius 3 is 1.61 bits per heavy atom. The molecule has 8 aromatic carbocycles. The van der Waals surface area contributed by atoms with Crippen LogP contribution in [0.15, 0.2) is 176 Å². The second kappa shape index (κ2) is 11.8. The van der Waals surface area contributed by atoms with Gasteiger partial charge in [0.1, 0.15) is 0 Å². The standard InChI is InChI=1S/C52H35N5/c1-52(2)40-26-14-11-25-38(40)47-41(52)30-29-39-46-37-24-10-9-23-36(37)44(56-42-27-15-12-21-34(42)35-22-13-16-28-43(35)56)31-45(46)57(48(39)47)51-54-49(32-17-5-3-6-18-32)53-50(55-51)33-19-7-4-8-20-33/h3-31H,1-2H3. The number of hydrogen-bond acceptors (Lipinski definition) is 3. The van der Waals surface area contributed by atoms with Crippen molar-refractivity contribution in [1.82, 2.24) is 24.1 Å². The summed E-state index contributed by atoms with van der Waals surface area (Å²) in [7, 11) is 0. The lowest BCUT2D eigenvalue weighted by atomic mass is 9.82. The molecule has 1 aliphatic rings. The summed E-state index contributed by atoms with van der Waals surface area (Å²) in [6.07, 6.45) is 0. The van der Waals surface area contributed by atoms with Crippen LogP contribution in [0.2, 0.25) is 0 Å². The van der Waals surface area contributed by atoms with Crippen molar-refractivity contribution >= 4 is 54.4 Å². The van der Waals surface area contributed by atoms with Crippen LogP contribution in [-0.2, 0) is 5.41 Å². The predicted molar refractivity (Wildman–Crippen MR) is 234 cm³/mol. The molecule has 11 aromatic rings. The maximum Gasteiger partial charge on any atom is 0.238 e. The SMILES string of the molecule is CC1(C)c2ccccc2-c2c1ccc1c3c4ccccc4c(-n4c5ccccc5c5ccccc54)cc3n(-c3nc(-c4ccccc4)nc(-c4ccccc4)n3)c21. The molecule has 3 aromatic heterocycles. The van der Waals surface area contributed by atoms with Crippen LogP contribution in [0.4, 0.5) is 0 Å². The van der Waals surface area contributed by atoms with Gasteiger partial charge in [-0.15, -0.1) is 0 Å². The molecule has 12 rings (SSSR count). The molecule has 268 valence electrons. The molecule has 0 saturated heterocycles. The Kier molecular flexibility index (Phi) is 6.62. The van der Waals surface area contributed by atoms with Gasteiger partial charge in [0, 0.05) is 49.0 Å². The molecule has 0 radical (unpaired) electrons. The summed E-state index contributed by atoms with van der Waals surface area (Å²) in [6, 6.07) is 62.8. The number of para-hydroxylation sites is 2. The minimum Gasteiger partial charge on any atom is -0.309 e. The van der Waals surface area contributed by atoms with Crippen molar-refractivity contribution in [2.45, 2.75) is 19.3 Å². The quantitative estimate of drug-likeness (QED) is 0.181. The smallest absolute Gasteiger partial charge is 0.238 e. The van der Waals surface area contributed by atoms with Gasteiger partial charge < -0.3 is 4.57 Å². The minimum absolute atomic E-state index is 0.193. The Labute approximate surface area is 329 Å². The zero-order valence-corrected chi connectivity index (χ0v) is 31.5. The van der Waals surface area contributed by atoms with E-state index >= 15 is 0 Å². The van der Waals surface area contributed by atoms with Gasteiger partial charge in [-0.25, -0.2) is 4.98 Å². The van der Waals surface area contributed by atoms with Gasteiger partial charge in [0.25, 0.3) is 0 Å². The maximum atomic E-state index is 5.40. The summed E-state index contributed by atoms with van der Waals surface area (Å²) in [5.74, 6) is 1.85. The first kappa shape index (κ1) is 31.9. The van der Waals surface area contributed by atoms with Crippen molar-refractivity contribution in [2.75, 3.05) is 0 Å². The molecule has 57 heavy (non-hydrogen) atoms. The highest BCUT2D eigenvalue weighted by Crippen LogP contribution is 2.53. The van der Waals surface area contributed by atoms with E-state index in [0.29, 0.717) is 17.6 Å². The Hall–Kier alpha value is -7.37. The molecule has 5 heteroatoms. The van der Waals surface area contributed by atoms with Crippen molar-refractivity contribution < 1.29 is 0 Å². The van der Waals surface area contributed by atoms with E-state index in [1.54, 1.807) is 0 Å². The molecule has 0 saturated carbocycles. The first-order valence-corrected chi connectivity index (χ1v) is 19.6. The van der Waals surface area contributed by atoms with Crippen LogP contribution in [0.5, 0.6) is 0 Å². The molecular weight excluding hydrogens is 695 g/mol. The first-order chi connectivity index (χ1) is 28.1. The Balaban J connectivity index is 1.30. The predicted octanol–water partition coefficient (Wildman–Crippen LogP) is 12.9. The van der Waals surface area contributed by atoms with Gasteiger partial charge in [0.15, 0.2) is 11.6 Å². The third kappa shape index (κ3) is 4.48. The monoisotopic (exact) mass is 729 g/mol. The molecule has 5 nitrogen and oxygen atoms in total. The normalized spacial score (nSPS) is 13.2. The molecule has 0 unspecified atom stereocenters. The fourth-order valence-electron chi connectivity index (χ4n) is 9.60. The van der Waals surface area contributed by atoms with Gasteiger partial charge >= 0.3 is 0 Å². The lowest BCUT2D eigenvalue weighted by Gasteiger charge is -2.21. The van der Waals surface area contributed by atoms with Crippen LogP contribution in [0, 0.1) is 0 Å². The maximum absolute atomic E-state index is 5.40. The first-order valence-electron chi connectivity index (χ1n) is 19.6. The van der Waals surface area contributed by atoms with Crippen LogP contribution >= 0.6 is 0 Å². The zero-order valence-electron chi connectivity index (χ0n) is 31.5. The molecular formula is C52H35N5.